The molecule has 92 valence electrons. The predicted molar refractivity (Wildman–Crippen MR) is 66.5 cm³/mol. The first-order valence-electron chi connectivity index (χ1n) is 5.78. The summed E-state index contributed by atoms with van der Waals surface area (Å²) in [5, 5.41) is 0. The van der Waals surface area contributed by atoms with E-state index in [0.717, 1.165) is 12.8 Å². The van der Waals surface area contributed by atoms with Crippen molar-refractivity contribution in [2.75, 3.05) is 13.7 Å². The quantitative estimate of drug-likeness (QED) is 0.538. The molecule has 1 rings (SSSR count). The van der Waals surface area contributed by atoms with Gasteiger partial charge >= 0.3 is 0 Å². The molecular formula is C14H18O3. The summed E-state index contributed by atoms with van der Waals surface area (Å²) in [7, 11) is 1.66. The number of unbranched alkanes of at least 4 members (excludes halogenated alkanes) is 1. The van der Waals surface area contributed by atoms with E-state index in [4.69, 9.17) is 4.74 Å². The van der Waals surface area contributed by atoms with Crippen LogP contribution in [0, 0.1) is 0 Å². The number of benzene rings is 1. The van der Waals surface area contributed by atoms with Gasteiger partial charge in [-0.05, 0) is 19.8 Å². The Morgan fingerprint density at radius 3 is 2.18 bits per heavy atom. The first-order valence-corrected chi connectivity index (χ1v) is 5.78. The van der Waals surface area contributed by atoms with Gasteiger partial charge in [0.2, 0.25) is 0 Å². The summed E-state index contributed by atoms with van der Waals surface area (Å²) < 4.78 is 4.92. The van der Waals surface area contributed by atoms with Crippen LogP contribution in [0.3, 0.4) is 0 Å². The van der Waals surface area contributed by atoms with Gasteiger partial charge in [0.15, 0.2) is 11.6 Å². The Morgan fingerprint density at radius 1 is 1.06 bits per heavy atom. The lowest BCUT2D eigenvalue weighted by Crippen LogP contribution is -2.01. The van der Waals surface area contributed by atoms with Crippen LogP contribution in [0.25, 0.3) is 0 Å². The minimum Gasteiger partial charge on any atom is -0.385 e. The number of Topliss-reactive ketones (excluding diaryl/α,β-unsaturated/α-hetero) is 2. The van der Waals surface area contributed by atoms with Crippen molar-refractivity contribution >= 4 is 11.6 Å². The standard InChI is InChI=1S/C14H18O3/c1-11(15)12-6-8-13(9-7-12)14(16)5-3-4-10-17-2/h6-9H,3-5,10H2,1-2H3. The molecule has 0 aliphatic heterocycles. The van der Waals surface area contributed by atoms with Crippen molar-refractivity contribution in [3.8, 4) is 0 Å². The summed E-state index contributed by atoms with van der Waals surface area (Å²) in [6, 6.07) is 6.83. The van der Waals surface area contributed by atoms with Gasteiger partial charge in [-0.15, -0.1) is 0 Å². The molecule has 0 spiro atoms. The Bertz CT molecular complexity index is 379. The van der Waals surface area contributed by atoms with E-state index < -0.39 is 0 Å². The Balaban J connectivity index is 2.49. The fraction of sp³-hybridized carbons (Fsp3) is 0.429. The normalized spacial score (nSPS) is 10.2. The minimum absolute atomic E-state index is 0.0177. The van der Waals surface area contributed by atoms with Crippen molar-refractivity contribution in [2.24, 2.45) is 0 Å². The number of hydrogen-bond donors (Lipinski definition) is 0. The zero-order chi connectivity index (χ0) is 12.7. The van der Waals surface area contributed by atoms with E-state index in [2.05, 4.69) is 0 Å². The van der Waals surface area contributed by atoms with Gasteiger partial charge in [-0.25, -0.2) is 0 Å². The fourth-order valence-corrected chi connectivity index (χ4v) is 1.57. The van der Waals surface area contributed by atoms with E-state index in [9.17, 15) is 9.59 Å². The smallest absolute Gasteiger partial charge is 0.162 e. The molecule has 0 aliphatic carbocycles. The van der Waals surface area contributed by atoms with Crippen LogP contribution in [0.1, 0.15) is 46.9 Å². The zero-order valence-electron chi connectivity index (χ0n) is 10.4. The maximum absolute atomic E-state index is 11.8. The number of carbonyl (C=O) groups excluding carboxylic acids is 2. The van der Waals surface area contributed by atoms with Crippen LogP contribution in [0.2, 0.25) is 0 Å². The maximum Gasteiger partial charge on any atom is 0.162 e. The molecule has 3 heteroatoms. The van der Waals surface area contributed by atoms with Crippen LogP contribution in [0.5, 0.6) is 0 Å². The number of carbonyl (C=O) groups is 2. The molecule has 3 nitrogen and oxygen atoms in total. The third-order valence-electron chi connectivity index (χ3n) is 2.62. The minimum atomic E-state index is 0.0177. The van der Waals surface area contributed by atoms with E-state index in [-0.39, 0.29) is 11.6 Å². The second kappa shape index (κ2) is 6.97. The summed E-state index contributed by atoms with van der Waals surface area (Å²) >= 11 is 0. The first kappa shape index (κ1) is 13.6. The second-order valence-corrected chi connectivity index (χ2v) is 4.01. The summed E-state index contributed by atoms with van der Waals surface area (Å²) in [6.07, 6.45) is 2.26. The molecule has 0 aliphatic rings. The van der Waals surface area contributed by atoms with Gasteiger partial charge < -0.3 is 4.74 Å². The van der Waals surface area contributed by atoms with E-state index in [0.29, 0.717) is 24.2 Å². The van der Waals surface area contributed by atoms with Crippen molar-refractivity contribution in [3.05, 3.63) is 35.4 Å². The molecule has 0 heterocycles. The lowest BCUT2D eigenvalue weighted by molar-refractivity contribution is 0.0971. The third-order valence-corrected chi connectivity index (χ3v) is 2.62. The van der Waals surface area contributed by atoms with Crippen LogP contribution in [0.4, 0.5) is 0 Å². The van der Waals surface area contributed by atoms with Gasteiger partial charge in [0, 0.05) is 31.3 Å². The molecule has 0 radical (unpaired) electrons. The molecule has 0 saturated heterocycles. The van der Waals surface area contributed by atoms with Crippen LogP contribution < -0.4 is 0 Å². The van der Waals surface area contributed by atoms with Crippen LogP contribution >= 0.6 is 0 Å². The van der Waals surface area contributed by atoms with Crippen LogP contribution in [0.15, 0.2) is 24.3 Å². The van der Waals surface area contributed by atoms with E-state index in [1.54, 1.807) is 31.4 Å². The van der Waals surface area contributed by atoms with Crippen LogP contribution in [-0.4, -0.2) is 25.3 Å². The van der Waals surface area contributed by atoms with Crippen molar-refractivity contribution in [3.63, 3.8) is 0 Å². The average molecular weight is 234 g/mol. The SMILES string of the molecule is COCCCCC(=O)c1ccc(C(C)=O)cc1. The van der Waals surface area contributed by atoms with E-state index in [1.807, 2.05) is 0 Å². The number of methoxy groups -OCH3 is 1. The van der Waals surface area contributed by atoms with Gasteiger partial charge in [-0.2, -0.15) is 0 Å². The van der Waals surface area contributed by atoms with Crippen molar-refractivity contribution < 1.29 is 14.3 Å². The summed E-state index contributed by atoms with van der Waals surface area (Å²) in [6.45, 7) is 2.21. The van der Waals surface area contributed by atoms with Crippen molar-refractivity contribution in [2.45, 2.75) is 26.2 Å². The monoisotopic (exact) mass is 234 g/mol. The molecule has 0 unspecified atom stereocenters. The Hall–Kier alpha value is -1.48. The Kier molecular flexibility index (Phi) is 5.57. The average Bonchev–Trinajstić information content (AvgIpc) is 2.34. The first-order chi connectivity index (χ1) is 8.15. The summed E-state index contributed by atoms with van der Waals surface area (Å²) in [4.78, 5) is 22.8. The van der Waals surface area contributed by atoms with Gasteiger partial charge in [0.05, 0.1) is 0 Å². The third kappa shape index (κ3) is 4.49. The fourth-order valence-electron chi connectivity index (χ4n) is 1.57. The molecule has 0 saturated carbocycles. The number of hydrogen-bond acceptors (Lipinski definition) is 3. The molecular weight excluding hydrogens is 216 g/mol. The Morgan fingerprint density at radius 2 is 1.65 bits per heavy atom. The van der Waals surface area contributed by atoms with E-state index >= 15 is 0 Å². The highest BCUT2D eigenvalue weighted by atomic mass is 16.5. The lowest BCUT2D eigenvalue weighted by atomic mass is 10.0. The highest BCUT2D eigenvalue weighted by Crippen LogP contribution is 2.09. The number of rotatable bonds is 7. The topological polar surface area (TPSA) is 43.4 Å². The molecule has 0 fully saturated rings. The summed E-state index contributed by atoms with van der Waals surface area (Å²) in [5.41, 5.74) is 1.31. The zero-order valence-corrected chi connectivity index (χ0v) is 10.4. The molecule has 1 aromatic rings. The molecule has 17 heavy (non-hydrogen) atoms. The molecule has 0 aromatic heterocycles. The van der Waals surface area contributed by atoms with Gasteiger partial charge in [-0.3, -0.25) is 9.59 Å². The summed E-state index contributed by atoms with van der Waals surface area (Å²) in [5.74, 6) is 0.139. The van der Waals surface area contributed by atoms with E-state index in [1.165, 1.54) is 6.92 Å². The number of ether oxygens (including phenoxy) is 1. The Labute approximate surface area is 102 Å². The predicted octanol–water partition coefficient (Wildman–Crippen LogP) is 2.89. The van der Waals surface area contributed by atoms with Crippen molar-refractivity contribution in [1.82, 2.24) is 0 Å². The molecule has 0 bridgehead atoms. The maximum atomic E-state index is 11.8. The molecule has 0 atom stereocenters. The van der Waals surface area contributed by atoms with Gasteiger partial charge in [0.25, 0.3) is 0 Å². The molecule has 0 amide bonds. The molecule has 1 aromatic carbocycles. The largest absolute Gasteiger partial charge is 0.385 e. The second-order valence-electron chi connectivity index (χ2n) is 4.01. The molecule has 0 N–H and O–H groups in total. The number of ketones is 2. The van der Waals surface area contributed by atoms with Gasteiger partial charge in [0.1, 0.15) is 0 Å². The van der Waals surface area contributed by atoms with Crippen LogP contribution in [-0.2, 0) is 4.74 Å². The lowest BCUT2D eigenvalue weighted by Gasteiger charge is -2.02. The highest BCUT2D eigenvalue weighted by molar-refractivity contribution is 5.98. The van der Waals surface area contributed by atoms with Gasteiger partial charge in [-0.1, -0.05) is 24.3 Å². The highest BCUT2D eigenvalue weighted by Gasteiger charge is 2.06. The van der Waals surface area contributed by atoms with Crippen molar-refractivity contribution in [1.29, 1.82) is 0 Å².